The summed E-state index contributed by atoms with van der Waals surface area (Å²) >= 11 is 0. The first kappa shape index (κ1) is 18.8. The lowest BCUT2D eigenvalue weighted by Crippen LogP contribution is -2.40. The molecule has 26 heavy (non-hydrogen) atoms. The quantitative estimate of drug-likeness (QED) is 0.442. The Labute approximate surface area is 150 Å². The molecule has 0 aliphatic carbocycles. The maximum absolute atomic E-state index is 12.1. The Morgan fingerprint density at radius 3 is 2.46 bits per heavy atom. The molecular weight excluding hydrogens is 338 g/mol. The van der Waals surface area contributed by atoms with Crippen LogP contribution in [-0.2, 0) is 0 Å². The molecule has 8 nitrogen and oxygen atoms in total. The van der Waals surface area contributed by atoms with Gasteiger partial charge in [-0.3, -0.25) is 10.1 Å². The van der Waals surface area contributed by atoms with E-state index in [-0.39, 0.29) is 23.4 Å². The van der Waals surface area contributed by atoms with Gasteiger partial charge in [0.15, 0.2) is 0 Å². The number of rotatable bonds is 7. The monoisotopic (exact) mass is 357 g/mol. The van der Waals surface area contributed by atoms with Crippen LogP contribution in [0, 0.1) is 0 Å². The van der Waals surface area contributed by atoms with E-state index in [0.29, 0.717) is 13.0 Å². The number of hydrogen-bond donors (Lipinski definition) is 4. The number of carboxylic acids is 1. The van der Waals surface area contributed by atoms with Crippen molar-refractivity contribution in [3.63, 3.8) is 0 Å². The number of nitrogens with one attached hydrogen (secondary N) is 2. The number of imide groups is 1. The van der Waals surface area contributed by atoms with Gasteiger partial charge in [-0.1, -0.05) is 24.3 Å². The van der Waals surface area contributed by atoms with Crippen LogP contribution in [0.1, 0.15) is 27.1 Å². The van der Waals surface area contributed by atoms with E-state index in [1.54, 1.807) is 0 Å². The van der Waals surface area contributed by atoms with Crippen LogP contribution in [0.4, 0.5) is 10.5 Å². The van der Waals surface area contributed by atoms with Crippen molar-refractivity contribution in [1.29, 1.82) is 0 Å². The van der Waals surface area contributed by atoms with Crippen LogP contribution in [0.25, 0.3) is 0 Å². The van der Waals surface area contributed by atoms with Crippen molar-refractivity contribution < 1.29 is 24.2 Å². The van der Waals surface area contributed by atoms with Gasteiger partial charge in [-0.15, -0.1) is 0 Å². The summed E-state index contributed by atoms with van der Waals surface area (Å²) in [6, 6.07) is 12.5. The average molecular weight is 357 g/mol. The number of amides is 3. The number of carbonyl (C=O) groups is 3. The van der Waals surface area contributed by atoms with Crippen molar-refractivity contribution in [2.24, 2.45) is 0 Å². The first-order valence-electron chi connectivity index (χ1n) is 7.88. The number of benzene rings is 2. The Kier molecular flexibility index (Phi) is 6.55. The Balaban J connectivity index is 1.79. The van der Waals surface area contributed by atoms with Gasteiger partial charge in [-0.25, -0.2) is 9.59 Å². The molecule has 0 saturated heterocycles. The summed E-state index contributed by atoms with van der Waals surface area (Å²) in [5.74, 6) is -1.45. The van der Waals surface area contributed by atoms with Crippen molar-refractivity contribution >= 4 is 23.6 Å². The Morgan fingerprint density at radius 1 is 1.04 bits per heavy atom. The SMILES string of the molecule is Nc1cccc(C(=O)O)c1C(=O)NC(=O)NCCCOc1ccccc1. The van der Waals surface area contributed by atoms with Gasteiger partial charge in [0, 0.05) is 12.2 Å². The van der Waals surface area contributed by atoms with Crippen LogP contribution < -0.4 is 21.1 Å². The molecule has 2 aromatic rings. The molecule has 0 unspecified atom stereocenters. The van der Waals surface area contributed by atoms with Gasteiger partial charge in [0.1, 0.15) is 5.75 Å². The van der Waals surface area contributed by atoms with Gasteiger partial charge in [-0.05, 0) is 30.7 Å². The molecule has 8 heteroatoms. The molecule has 0 aliphatic heterocycles. The molecule has 2 aromatic carbocycles. The number of nitrogen functional groups attached to an aromatic ring is 1. The van der Waals surface area contributed by atoms with Gasteiger partial charge >= 0.3 is 12.0 Å². The molecule has 0 fully saturated rings. The summed E-state index contributed by atoms with van der Waals surface area (Å²) < 4.78 is 5.48. The highest BCUT2D eigenvalue weighted by Gasteiger charge is 2.20. The second-order valence-corrected chi connectivity index (χ2v) is 5.30. The lowest BCUT2D eigenvalue weighted by Gasteiger charge is -2.10. The molecule has 136 valence electrons. The molecule has 0 aromatic heterocycles. The standard InChI is InChI=1S/C18H19N3O5/c19-14-9-4-8-13(17(23)24)15(14)16(22)21-18(25)20-10-5-11-26-12-6-2-1-3-7-12/h1-4,6-9H,5,10-11,19H2,(H,23,24)(H2,20,21,22,25). The van der Waals surface area contributed by atoms with Gasteiger partial charge in [0.05, 0.1) is 17.7 Å². The summed E-state index contributed by atoms with van der Waals surface area (Å²) in [5.41, 5.74) is 5.12. The average Bonchev–Trinajstić information content (AvgIpc) is 2.61. The fourth-order valence-electron chi connectivity index (χ4n) is 2.19. The Hall–Kier alpha value is -3.55. The molecule has 0 heterocycles. The number of carboxylic acid groups (broad SMARTS) is 1. The lowest BCUT2D eigenvalue weighted by molar-refractivity contribution is 0.0691. The number of hydrogen-bond acceptors (Lipinski definition) is 5. The smallest absolute Gasteiger partial charge is 0.336 e. The molecule has 2 rings (SSSR count). The van der Waals surface area contributed by atoms with Crippen molar-refractivity contribution in [2.75, 3.05) is 18.9 Å². The molecule has 0 saturated carbocycles. The highest BCUT2D eigenvalue weighted by atomic mass is 16.5. The summed E-state index contributed by atoms with van der Waals surface area (Å²) in [4.78, 5) is 35.1. The zero-order chi connectivity index (χ0) is 18.9. The molecule has 0 atom stereocenters. The van der Waals surface area contributed by atoms with E-state index in [1.807, 2.05) is 30.3 Å². The van der Waals surface area contributed by atoms with E-state index in [0.717, 1.165) is 5.75 Å². The number of carbonyl (C=O) groups excluding carboxylic acids is 2. The van der Waals surface area contributed by atoms with Crippen LogP contribution in [-0.4, -0.2) is 36.2 Å². The molecule has 5 N–H and O–H groups in total. The van der Waals surface area contributed by atoms with Crippen LogP contribution >= 0.6 is 0 Å². The molecular formula is C18H19N3O5. The highest BCUT2D eigenvalue weighted by molar-refractivity contribution is 6.12. The molecule has 0 bridgehead atoms. The zero-order valence-electron chi connectivity index (χ0n) is 13.9. The molecule has 0 radical (unpaired) electrons. The third-order valence-corrected chi connectivity index (χ3v) is 3.40. The summed E-state index contributed by atoms with van der Waals surface area (Å²) in [6.07, 6.45) is 0.532. The Morgan fingerprint density at radius 2 is 1.77 bits per heavy atom. The fraction of sp³-hybridized carbons (Fsp3) is 0.167. The first-order valence-corrected chi connectivity index (χ1v) is 7.88. The number of para-hydroxylation sites is 1. The predicted octanol–water partition coefficient (Wildman–Crippen LogP) is 1.88. The van der Waals surface area contributed by atoms with E-state index in [9.17, 15) is 14.4 Å². The van der Waals surface area contributed by atoms with E-state index in [4.69, 9.17) is 15.6 Å². The lowest BCUT2D eigenvalue weighted by atomic mass is 10.0. The predicted molar refractivity (Wildman–Crippen MR) is 95.2 cm³/mol. The minimum absolute atomic E-state index is 0.0218. The van der Waals surface area contributed by atoms with E-state index >= 15 is 0 Å². The van der Waals surface area contributed by atoms with E-state index in [2.05, 4.69) is 10.6 Å². The number of nitrogens with two attached hydrogens (primary N) is 1. The molecule has 0 spiro atoms. The maximum Gasteiger partial charge on any atom is 0.336 e. The van der Waals surface area contributed by atoms with Gasteiger partial charge in [-0.2, -0.15) is 0 Å². The minimum atomic E-state index is -1.30. The van der Waals surface area contributed by atoms with Crippen LogP contribution in [0.15, 0.2) is 48.5 Å². The van der Waals surface area contributed by atoms with Crippen LogP contribution in [0.3, 0.4) is 0 Å². The van der Waals surface area contributed by atoms with Crippen molar-refractivity contribution in [2.45, 2.75) is 6.42 Å². The van der Waals surface area contributed by atoms with Gasteiger partial charge < -0.3 is 20.9 Å². The first-order chi connectivity index (χ1) is 12.5. The maximum atomic E-state index is 12.1. The Bertz CT molecular complexity index is 793. The highest BCUT2D eigenvalue weighted by Crippen LogP contribution is 2.17. The molecule has 0 aliphatic rings. The van der Waals surface area contributed by atoms with Crippen LogP contribution in [0.2, 0.25) is 0 Å². The normalized spacial score (nSPS) is 10.0. The zero-order valence-corrected chi connectivity index (χ0v) is 13.9. The third-order valence-electron chi connectivity index (χ3n) is 3.40. The van der Waals surface area contributed by atoms with Crippen LogP contribution in [0.5, 0.6) is 5.75 Å². The number of aromatic carboxylic acids is 1. The van der Waals surface area contributed by atoms with Crippen molar-refractivity contribution in [1.82, 2.24) is 10.6 Å². The summed E-state index contributed by atoms with van der Waals surface area (Å²) in [5, 5.41) is 13.7. The van der Waals surface area contributed by atoms with E-state index < -0.39 is 17.9 Å². The van der Waals surface area contributed by atoms with Gasteiger partial charge in [0.25, 0.3) is 5.91 Å². The number of anilines is 1. The van der Waals surface area contributed by atoms with Crippen molar-refractivity contribution in [3.8, 4) is 5.75 Å². The topological polar surface area (TPSA) is 131 Å². The van der Waals surface area contributed by atoms with E-state index in [1.165, 1.54) is 18.2 Å². The number of urea groups is 1. The second kappa shape index (κ2) is 9.07. The third kappa shape index (κ3) is 5.23. The summed E-state index contributed by atoms with van der Waals surface area (Å²) in [7, 11) is 0. The largest absolute Gasteiger partial charge is 0.494 e. The minimum Gasteiger partial charge on any atom is -0.494 e. The molecule has 3 amide bonds. The van der Waals surface area contributed by atoms with Gasteiger partial charge in [0.2, 0.25) is 0 Å². The summed E-state index contributed by atoms with van der Waals surface area (Å²) in [6.45, 7) is 0.676. The number of ether oxygens (including phenoxy) is 1. The van der Waals surface area contributed by atoms with Crippen molar-refractivity contribution in [3.05, 3.63) is 59.7 Å². The second-order valence-electron chi connectivity index (χ2n) is 5.30. The fourth-order valence-corrected chi connectivity index (χ4v) is 2.19.